The van der Waals surface area contributed by atoms with Crippen molar-refractivity contribution in [2.75, 3.05) is 26.2 Å². The molecule has 0 aliphatic rings. The summed E-state index contributed by atoms with van der Waals surface area (Å²) in [6.07, 6.45) is 3.81. The molecule has 0 aromatic carbocycles. The van der Waals surface area contributed by atoms with E-state index >= 15 is 0 Å². The van der Waals surface area contributed by atoms with E-state index in [2.05, 4.69) is 58.7 Å². The van der Waals surface area contributed by atoms with Crippen molar-refractivity contribution in [3.8, 4) is 0 Å². The van der Waals surface area contributed by atoms with Crippen LogP contribution in [0, 0.1) is 11.3 Å². The molecule has 0 amide bonds. The van der Waals surface area contributed by atoms with Gasteiger partial charge < -0.3 is 10.2 Å². The van der Waals surface area contributed by atoms with Gasteiger partial charge in [0.1, 0.15) is 0 Å². The van der Waals surface area contributed by atoms with E-state index in [1.807, 2.05) is 0 Å². The fourth-order valence-electron chi connectivity index (χ4n) is 2.81. The van der Waals surface area contributed by atoms with Gasteiger partial charge in [0.25, 0.3) is 0 Å². The lowest BCUT2D eigenvalue weighted by molar-refractivity contribution is 0.110. The predicted molar refractivity (Wildman–Crippen MR) is 87.7 cm³/mol. The Morgan fingerprint density at radius 2 is 1.68 bits per heavy atom. The standard InChI is InChI=1S/C17H38N2/c1-8-10-17(7,13-18-11-9-2)14-19(16(5)6)12-15(3)4/h15-16,18H,8-14H2,1-7H3. The molecule has 0 aromatic rings. The van der Waals surface area contributed by atoms with Crippen LogP contribution < -0.4 is 5.32 Å². The van der Waals surface area contributed by atoms with Gasteiger partial charge in [-0.2, -0.15) is 0 Å². The molecule has 0 heterocycles. The smallest absolute Gasteiger partial charge is 0.00503 e. The molecule has 1 atom stereocenters. The van der Waals surface area contributed by atoms with Crippen LogP contribution in [0.15, 0.2) is 0 Å². The van der Waals surface area contributed by atoms with E-state index in [-0.39, 0.29) is 0 Å². The first-order valence-corrected chi connectivity index (χ1v) is 8.29. The first-order chi connectivity index (χ1) is 8.84. The van der Waals surface area contributed by atoms with E-state index < -0.39 is 0 Å². The van der Waals surface area contributed by atoms with Gasteiger partial charge in [0.2, 0.25) is 0 Å². The topological polar surface area (TPSA) is 15.3 Å². The van der Waals surface area contributed by atoms with Crippen LogP contribution in [-0.4, -0.2) is 37.1 Å². The van der Waals surface area contributed by atoms with Crippen LogP contribution in [-0.2, 0) is 0 Å². The van der Waals surface area contributed by atoms with Gasteiger partial charge in [-0.1, -0.05) is 41.0 Å². The zero-order valence-corrected chi connectivity index (χ0v) is 14.6. The molecule has 1 N–H and O–H groups in total. The maximum atomic E-state index is 3.63. The van der Waals surface area contributed by atoms with E-state index in [1.165, 1.54) is 32.4 Å². The van der Waals surface area contributed by atoms with Crippen molar-refractivity contribution in [2.45, 2.75) is 73.8 Å². The molecular weight excluding hydrogens is 232 g/mol. The Morgan fingerprint density at radius 3 is 2.11 bits per heavy atom. The van der Waals surface area contributed by atoms with Crippen LogP contribution in [0.1, 0.15) is 67.7 Å². The quantitative estimate of drug-likeness (QED) is 0.567. The van der Waals surface area contributed by atoms with Gasteiger partial charge in [0.15, 0.2) is 0 Å². The van der Waals surface area contributed by atoms with Crippen LogP contribution in [0.4, 0.5) is 0 Å². The predicted octanol–water partition coefficient (Wildman–Crippen LogP) is 4.16. The minimum Gasteiger partial charge on any atom is -0.316 e. The Bertz CT molecular complexity index is 213. The van der Waals surface area contributed by atoms with Crippen molar-refractivity contribution >= 4 is 0 Å². The molecule has 0 radical (unpaired) electrons. The van der Waals surface area contributed by atoms with E-state index in [9.17, 15) is 0 Å². The van der Waals surface area contributed by atoms with E-state index in [0.29, 0.717) is 11.5 Å². The van der Waals surface area contributed by atoms with E-state index in [1.54, 1.807) is 0 Å². The zero-order valence-electron chi connectivity index (χ0n) is 14.6. The summed E-state index contributed by atoms with van der Waals surface area (Å²) in [5.41, 5.74) is 0.406. The normalized spacial score (nSPS) is 15.5. The van der Waals surface area contributed by atoms with Crippen LogP contribution >= 0.6 is 0 Å². The lowest BCUT2D eigenvalue weighted by Gasteiger charge is -2.38. The van der Waals surface area contributed by atoms with Crippen molar-refractivity contribution in [3.05, 3.63) is 0 Å². The number of hydrogen-bond acceptors (Lipinski definition) is 2. The minimum atomic E-state index is 0.406. The maximum absolute atomic E-state index is 3.63. The fourth-order valence-corrected chi connectivity index (χ4v) is 2.81. The second-order valence-corrected chi connectivity index (χ2v) is 7.15. The third-order valence-electron chi connectivity index (χ3n) is 3.75. The molecule has 0 saturated heterocycles. The first kappa shape index (κ1) is 18.9. The molecule has 2 nitrogen and oxygen atoms in total. The average Bonchev–Trinajstić information content (AvgIpc) is 2.28. The van der Waals surface area contributed by atoms with Crippen LogP contribution in [0.5, 0.6) is 0 Å². The summed E-state index contributed by atoms with van der Waals surface area (Å²) in [4.78, 5) is 2.66. The van der Waals surface area contributed by atoms with Gasteiger partial charge in [-0.3, -0.25) is 0 Å². The molecule has 0 bridgehead atoms. The molecule has 0 aliphatic heterocycles. The number of hydrogen-bond donors (Lipinski definition) is 1. The second kappa shape index (κ2) is 9.77. The number of nitrogens with one attached hydrogen (secondary N) is 1. The van der Waals surface area contributed by atoms with Gasteiger partial charge in [0, 0.05) is 25.7 Å². The monoisotopic (exact) mass is 270 g/mol. The summed E-state index contributed by atoms with van der Waals surface area (Å²) in [6, 6.07) is 0.643. The molecule has 0 rings (SSSR count). The van der Waals surface area contributed by atoms with Crippen molar-refractivity contribution in [1.29, 1.82) is 0 Å². The summed E-state index contributed by atoms with van der Waals surface area (Å²) < 4.78 is 0. The van der Waals surface area contributed by atoms with Crippen molar-refractivity contribution in [3.63, 3.8) is 0 Å². The average molecular weight is 271 g/mol. The van der Waals surface area contributed by atoms with Crippen LogP contribution in [0.25, 0.3) is 0 Å². The molecule has 19 heavy (non-hydrogen) atoms. The van der Waals surface area contributed by atoms with Crippen LogP contribution in [0.2, 0.25) is 0 Å². The summed E-state index contributed by atoms with van der Waals surface area (Å²) in [5.74, 6) is 0.747. The Morgan fingerprint density at radius 1 is 1.05 bits per heavy atom. The van der Waals surface area contributed by atoms with Gasteiger partial charge in [-0.15, -0.1) is 0 Å². The highest BCUT2D eigenvalue weighted by Gasteiger charge is 2.27. The SMILES string of the molecule is CCCNCC(C)(CCC)CN(CC(C)C)C(C)C. The third kappa shape index (κ3) is 8.65. The molecule has 0 aromatic heterocycles. The van der Waals surface area contributed by atoms with Gasteiger partial charge in [-0.05, 0) is 44.6 Å². The van der Waals surface area contributed by atoms with E-state index in [4.69, 9.17) is 0 Å². The largest absolute Gasteiger partial charge is 0.316 e. The molecule has 0 saturated carbocycles. The minimum absolute atomic E-state index is 0.406. The molecule has 2 heteroatoms. The van der Waals surface area contributed by atoms with Gasteiger partial charge in [0.05, 0.1) is 0 Å². The highest BCUT2D eigenvalue weighted by molar-refractivity contribution is 4.82. The van der Waals surface area contributed by atoms with Gasteiger partial charge in [-0.25, -0.2) is 0 Å². The van der Waals surface area contributed by atoms with Crippen LogP contribution in [0.3, 0.4) is 0 Å². The molecule has 1 unspecified atom stereocenters. The second-order valence-electron chi connectivity index (χ2n) is 7.15. The Balaban J connectivity index is 4.56. The lowest BCUT2D eigenvalue weighted by Crippen LogP contribution is -2.46. The summed E-state index contributed by atoms with van der Waals surface area (Å²) in [7, 11) is 0. The third-order valence-corrected chi connectivity index (χ3v) is 3.75. The zero-order chi connectivity index (χ0) is 14.9. The molecule has 0 spiro atoms. The first-order valence-electron chi connectivity index (χ1n) is 8.29. The Hall–Kier alpha value is -0.0800. The molecule has 116 valence electrons. The van der Waals surface area contributed by atoms with Crippen molar-refractivity contribution in [1.82, 2.24) is 10.2 Å². The summed E-state index contributed by atoms with van der Waals surface area (Å²) in [5, 5.41) is 3.63. The number of nitrogens with zero attached hydrogens (tertiary/aromatic N) is 1. The molecule has 0 aliphatic carbocycles. The lowest BCUT2D eigenvalue weighted by atomic mass is 9.84. The van der Waals surface area contributed by atoms with Crippen molar-refractivity contribution < 1.29 is 0 Å². The Labute approximate surface area is 122 Å². The van der Waals surface area contributed by atoms with E-state index in [0.717, 1.165) is 19.0 Å². The Kier molecular flexibility index (Phi) is 9.72. The fraction of sp³-hybridized carbons (Fsp3) is 1.00. The molecular formula is C17H38N2. The number of rotatable bonds is 11. The van der Waals surface area contributed by atoms with Gasteiger partial charge >= 0.3 is 0 Å². The highest BCUT2D eigenvalue weighted by atomic mass is 15.2. The van der Waals surface area contributed by atoms with Crippen molar-refractivity contribution in [2.24, 2.45) is 11.3 Å². The maximum Gasteiger partial charge on any atom is 0.00503 e. The molecule has 0 fully saturated rings. The summed E-state index contributed by atoms with van der Waals surface area (Å²) >= 11 is 0. The summed E-state index contributed by atoms with van der Waals surface area (Å²) in [6.45, 7) is 21.0. The highest BCUT2D eigenvalue weighted by Crippen LogP contribution is 2.25.